The van der Waals surface area contributed by atoms with Crippen molar-refractivity contribution in [1.29, 1.82) is 0 Å². The van der Waals surface area contributed by atoms with Crippen LogP contribution in [0.4, 0.5) is 0 Å². The average molecular weight is 502 g/mol. The Morgan fingerprint density at radius 2 is 1.75 bits per heavy atom. The topological polar surface area (TPSA) is 68.5 Å². The van der Waals surface area contributed by atoms with E-state index in [2.05, 4.69) is 10.1 Å². The second-order valence-electron chi connectivity index (χ2n) is 9.01. The number of ether oxygens (including phenoxy) is 1. The van der Waals surface area contributed by atoms with Crippen LogP contribution in [-0.2, 0) is 13.2 Å². The molecule has 0 aliphatic heterocycles. The first-order valence-corrected chi connectivity index (χ1v) is 12.7. The van der Waals surface area contributed by atoms with Crippen molar-refractivity contribution in [3.8, 4) is 17.1 Å². The zero-order valence-electron chi connectivity index (χ0n) is 20.0. The Morgan fingerprint density at radius 1 is 0.972 bits per heavy atom. The first-order chi connectivity index (χ1) is 17.7. The molecule has 1 amide bonds. The molecule has 5 rings (SSSR count). The minimum atomic E-state index is -0.0652. The normalized spacial score (nSPS) is 13.9. The van der Waals surface area contributed by atoms with Gasteiger partial charge in [0.25, 0.3) is 5.91 Å². The van der Waals surface area contributed by atoms with E-state index in [4.69, 9.17) is 20.9 Å². The number of hydrogen-bond donors (Lipinski definition) is 0. The highest BCUT2D eigenvalue weighted by molar-refractivity contribution is 6.31. The largest absolute Gasteiger partial charge is 0.489 e. The van der Waals surface area contributed by atoms with Crippen molar-refractivity contribution in [1.82, 2.24) is 15.0 Å². The Bertz CT molecular complexity index is 1300. The van der Waals surface area contributed by atoms with E-state index in [0.717, 1.165) is 36.8 Å². The molecule has 0 N–H and O–H groups in total. The Morgan fingerprint density at radius 3 is 2.56 bits per heavy atom. The van der Waals surface area contributed by atoms with E-state index in [1.54, 1.807) is 6.07 Å². The molecule has 0 radical (unpaired) electrons. The van der Waals surface area contributed by atoms with Crippen LogP contribution in [0.15, 0.2) is 83.4 Å². The highest BCUT2D eigenvalue weighted by atomic mass is 35.5. The van der Waals surface area contributed by atoms with Crippen LogP contribution in [0.1, 0.15) is 53.9 Å². The van der Waals surface area contributed by atoms with Crippen LogP contribution in [0.5, 0.6) is 5.75 Å². The molecule has 0 bridgehead atoms. The Balaban J connectivity index is 1.34. The van der Waals surface area contributed by atoms with Gasteiger partial charge in [0.05, 0.1) is 0 Å². The van der Waals surface area contributed by atoms with Gasteiger partial charge in [-0.2, -0.15) is 4.98 Å². The van der Waals surface area contributed by atoms with Gasteiger partial charge in [-0.3, -0.25) is 4.79 Å². The molecule has 184 valence electrons. The molecular formula is C29H28ClN3O3. The third kappa shape index (κ3) is 5.77. The monoisotopic (exact) mass is 501 g/mol. The molecule has 3 aromatic carbocycles. The summed E-state index contributed by atoms with van der Waals surface area (Å²) in [5.74, 6) is 1.51. The number of carbonyl (C=O) groups is 1. The van der Waals surface area contributed by atoms with Crippen molar-refractivity contribution < 1.29 is 14.1 Å². The number of nitrogens with zero attached hydrogens (tertiary/aromatic N) is 3. The Labute approximate surface area is 215 Å². The van der Waals surface area contributed by atoms with Gasteiger partial charge in [0.2, 0.25) is 11.7 Å². The summed E-state index contributed by atoms with van der Waals surface area (Å²) in [6.45, 7) is 0.599. The molecule has 1 saturated carbocycles. The van der Waals surface area contributed by atoms with Gasteiger partial charge in [-0.05, 0) is 37.1 Å². The second kappa shape index (κ2) is 11.4. The highest BCUT2D eigenvalue weighted by Crippen LogP contribution is 2.27. The fourth-order valence-electron chi connectivity index (χ4n) is 4.59. The van der Waals surface area contributed by atoms with Crippen molar-refractivity contribution in [3.63, 3.8) is 0 Å². The van der Waals surface area contributed by atoms with Gasteiger partial charge >= 0.3 is 0 Å². The van der Waals surface area contributed by atoms with E-state index in [0.29, 0.717) is 34.7 Å². The lowest BCUT2D eigenvalue weighted by Gasteiger charge is -2.33. The minimum Gasteiger partial charge on any atom is -0.489 e. The quantitative estimate of drug-likeness (QED) is 0.261. The molecule has 7 heteroatoms. The standard InChI is InChI=1S/C29H28ClN3O3/c30-26-17-8-7-12-23(26)20-35-25-16-9-13-22(18-25)29(34)33(24-14-5-2-6-15-24)19-27-31-28(32-36-27)21-10-3-1-4-11-21/h1,3-4,7-13,16-18,24H,2,5-6,14-15,19-20H2. The van der Waals surface area contributed by atoms with Gasteiger partial charge in [-0.1, -0.05) is 90.6 Å². The number of carbonyl (C=O) groups excluding carboxylic acids is 1. The summed E-state index contributed by atoms with van der Waals surface area (Å²) < 4.78 is 11.5. The summed E-state index contributed by atoms with van der Waals surface area (Å²) >= 11 is 6.26. The Hall–Kier alpha value is -3.64. The predicted molar refractivity (Wildman–Crippen MR) is 139 cm³/mol. The fraction of sp³-hybridized carbons (Fsp3) is 0.276. The molecule has 1 aromatic heterocycles. The maximum Gasteiger partial charge on any atom is 0.254 e. The van der Waals surface area contributed by atoms with Crippen molar-refractivity contribution in [3.05, 3.63) is 101 Å². The molecule has 4 aromatic rings. The van der Waals surface area contributed by atoms with Crippen molar-refractivity contribution in [2.24, 2.45) is 0 Å². The average Bonchev–Trinajstić information content (AvgIpc) is 3.41. The van der Waals surface area contributed by atoms with Crippen LogP contribution in [0.3, 0.4) is 0 Å². The van der Waals surface area contributed by atoms with Gasteiger partial charge in [-0.25, -0.2) is 0 Å². The maximum absolute atomic E-state index is 13.8. The molecule has 6 nitrogen and oxygen atoms in total. The molecule has 1 aliphatic carbocycles. The third-order valence-corrected chi connectivity index (χ3v) is 6.88. The number of rotatable bonds is 8. The van der Waals surface area contributed by atoms with Crippen LogP contribution in [-0.4, -0.2) is 27.0 Å². The molecule has 0 spiro atoms. The number of amides is 1. The first kappa shape index (κ1) is 24.1. The summed E-state index contributed by atoms with van der Waals surface area (Å²) in [6, 6.07) is 24.7. The molecule has 0 unspecified atom stereocenters. The van der Waals surface area contributed by atoms with E-state index >= 15 is 0 Å². The van der Waals surface area contributed by atoms with Gasteiger partial charge < -0.3 is 14.2 Å². The third-order valence-electron chi connectivity index (χ3n) is 6.52. The summed E-state index contributed by atoms with van der Waals surface area (Å²) in [6.07, 6.45) is 5.34. The zero-order valence-corrected chi connectivity index (χ0v) is 20.7. The number of hydrogen-bond acceptors (Lipinski definition) is 5. The van der Waals surface area contributed by atoms with Crippen LogP contribution < -0.4 is 4.74 Å². The van der Waals surface area contributed by atoms with Crippen LogP contribution in [0.2, 0.25) is 5.02 Å². The molecular weight excluding hydrogens is 474 g/mol. The molecule has 0 atom stereocenters. The highest BCUT2D eigenvalue weighted by Gasteiger charge is 2.28. The van der Waals surface area contributed by atoms with Crippen LogP contribution >= 0.6 is 11.6 Å². The zero-order chi connectivity index (χ0) is 24.7. The number of halogens is 1. The van der Waals surface area contributed by atoms with E-state index in [9.17, 15) is 4.79 Å². The summed E-state index contributed by atoms with van der Waals surface area (Å²) in [5, 5.41) is 4.79. The lowest BCUT2D eigenvalue weighted by molar-refractivity contribution is 0.0585. The smallest absolute Gasteiger partial charge is 0.254 e. The lowest BCUT2D eigenvalue weighted by atomic mass is 9.93. The van der Waals surface area contributed by atoms with Crippen molar-refractivity contribution >= 4 is 17.5 Å². The fourth-order valence-corrected chi connectivity index (χ4v) is 4.78. The van der Waals surface area contributed by atoms with E-state index in [-0.39, 0.29) is 18.5 Å². The minimum absolute atomic E-state index is 0.0652. The Kier molecular flexibility index (Phi) is 7.62. The molecule has 0 saturated heterocycles. The van der Waals surface area contributed by atoms with Gasteiger partial charge in [0, 0.05) is 27.8 Å². The first-order valence-electron chi connectivity index (χ1n) is 12.3. The van der Waals surface area contributed by atoms with Crippen molar-refractivity contribution in [2.45, 2.75) is 51.3 Å². The summed E-state index contributed by atoms with van der Waals surface area (Å²) in [7, 11) is 0. The van der Waals surface area contributed by atoms with Gasteiger partial charge in [0.1, 0.15) is 18.9 Å². The van der Waals surface area contributed by atoms with Crippen LogP contribution in [0.25, 0.3) is 11.4 Å². The second-order valence-corrected chi connectivity index (χ2v) is 9.42. The number of aromatic nitrogens is 2. The SMILES string of the molecule is O=C(c1cccc(OCc2ccccc2Cl)c1)N(Cc1nc(-c2ccccc2)no1)C1CCCCC1. The lowest BCUT2D eigenvalue weighted by Crippen LogP contribution is -2.41. The predicted octanol–water partition coefficient (Wildman–Crippen LogP) is 6.94. The summed E-state index contributed by atoms with van der Waals surface area (Å²) in [4.78, 5) is 20.2. The maximum atomic E-state index is 13.8. The van der Waals surface area contributed by atoms with Gasteiger partial charge in [0.15, 0.2) is 0 Å². The molecule has 1 heterocycles. The van der Waals surface area contributed by atoms with E-state index < -0.39 is 0 Å². The van der Waals surface area contributed by atoms with Crippen molar-refractivity contribution in [2.75, 3.05) is 0 Å². The molecule has 1 aliphatic rings. The number of benzene rings is 3. The summed E-state index contributed by atoms with van der Waals surface area (Å²) in [5.41, 5.74) is 2.34. The molecule has 1 fully saturated rings. The molecule has 36 heavy (non-hydrogen) atoms. The van der Waals surface area contributed by atoms with E-state index in [1.807, 2.05) is 77.7 Å². The van der Waals surface area contributed by atoms with E-state index in [1.165, 1.54) is 6.42 Å². The van der Waals surface area contributed by atoms with Crippen LogP contribution in [0, 0.1) is 0 Å². The van der Waals surface area contributed by atoms with Gasteiger partial charge in [-0.15, -0.1) is 0 Å².